The Morgan fingerprint density at radius 2 is 2.09 bits per heavy atom. The molecule has 3 saturated heterocycles. The highest BCUT2D eigenvalue weighted by molar-refractivity contribution is 5.92. The summed E-state index contributed by atoms with van der Waals surface area (Å²) < 4.78 is 25.3. The molecule has 0 aromatic carbocycles. The van der Waals surface area contributed by atoms with Crippen molar-refractivity contribution in [2.45, 2.75) is 80.7 Å². The molecule has 8 heteroatoms. The van der Waals surface area contributed by atoms with Crippen molar-refractivity contribution in [3.8, 4) is 0 Å². The molecule has 3 aliphatic carbocycles. The van der Waals surface area contributed by atoms with Crippen molar-refractivity contribution in [3.63, 3.8) is 0 Å². The zero-order chi connectivity index (χ0) is 23.3. The summed E-state index contributed by atoms with van der Waals surface area (Å²) >= 11 is 0. The zero-order valence-electron chi connectivity index (χ0n) is 19.7. The van der Waals surface area contributed by atoms with Gasteiger partial charge >= 0.3 is 5.97 Å². The van der Waals surface area contributed by atoms with E-state index in [-0.39, 0.29) is 48.1 Å². The van der Waals surface area contributed by atoms with Crippen molar-refractivity contribution in [1.29, 1.82) is 0 Å². The second-order valence-corrected chi connectivity index (χ2v) is 11.8. The molecule has 1 aromatic heterocycles. The van der Waals surface area contributed by atoms with Crippen molar-refractivity contribution in [2.24, 2.45) is 17.3 Å². The fourth-order valence-electron chi connectivity index (χ4n) is 9.05. The first-order valence-electron chi connectivity index (χ1n) is 12.6. The van der Waals surface area contributed by atoms with Gasteiger partial charge in [0.05, 0.1) is 11.8 Å². The van der Waals surface area contributed by atoms with Crippen LogP contribution in [0.2, 0.25) is 0 Å². The molecule has 0 amide bonds. The number of carbonyl (C=O) groups is 1. The van der Waals surface area contributed by atoms with Gasteiger partial charge < -0.3 is 29.4 Å². The summed E-state index contributed by atoms with van der Waals surface area (Å²) in [5.41, 5.74) is -0.925. The van der Waals surface area contributed by atoms with Crippen LogP contribution in [0.1, 0.15) is 40.0 Å². The Labute approximate surface area is 198 Å². The van der Waals surface area contributed by atoms with Gasteiger partial charge in [-0.05, 0) is 48.8 Å². The lowest BCUT2D eigenvalue weighted by molar-refractivity contribution is -0.159. The maximum atomic E-state index is 12.8. The van der Waals surface area contributed by atoms with Gasteiger partial charge in [-0.1, -0.05) is 20.8 Å². The first-order chi connectivity index (χ1) is 16.3. The topological polar surface area (TPSA) is 109 Å². The minimum atomic E-state index is -1.28. The molecule has 34 heavy (non-hydrogen) atoms. The summed E-state index contributed by atoms with van der Waals surface area (Å²) in [6.45, 7) is 7.18. The lowest BCUT2D eigenvalue weighted by Crippen LogP contribution is -2.77. The van der Waals surface area contributed by atoms with Crippen molar-refractivity contribution in [1.82, 2.24) is 4.98 Å². The smallest absolute Gasteiger partial charge is 0.334 e. The van der Waals surface area contributed by atoms with Crippen molar-refractivity contribution >= 4 is 11.7 Å². The Hall–Kier alpha value is -2.00. The Balaban J connectivity index is 1.26. The second kappa shape index (κ2) is 5.69. The number of pyridine rings is 1. The Morgan fingerprint density at radius 1 is 1.24 bits per heavy atom. The molecule has 5 heterocycles. The molecular formula is C26H30N2O6. The van der Waals surface area contributed by atoms with Crippen LogP contribution < -0.4 is 5.32 Å². The van der Waals surface area contributed by atoms with E-state index >= 15 is 0 Å². The predicted molar refractivity (Wildman–Crippen MR) is 119 cm³/mol. The summed E-state index contributed by atoms with van der Waals surface area (Å²) in [6.07, 6.45) is 5.33. The first-order valence-corrected chi connectivity index (χ1v) is 12.6. The van der Waals surface area contributed by atoms with Crippen LogP contribution in [0.15, 0.2) is 35.7 Å². The van der Waals surface area contributed by atoms with E-state index in [1.54, 1.807) is 12.4 Å². The average Bonchev–Trinajstić information content (AvgIpc) is 3.72. The van der Waals surface area contributed by atoms with E-state index in [4.69, 9.17) is 18.9 Å². The van der Waals surface area contributed by atoms with Gasteiger partial charge in [-0.2, -0.15) is 0 Å². The summed E-state index contributed by atoms with van der Waals surface area (Å²) in [7, 11) is 0. The Morgan fingerprint density at radius 3 is 2.85 bits per heavy atom. The molecule has 0 radical (unpaired) electrons. The van der Waals surface area contributed by atoms with Gasteiger partial charge in [-0.3, -0.25) is 4.98 Å². The average molecular weight is 467 g/mol. The number of hydrogen-bond donors (Lipinski definition) is 2. The molecule has 180 valence electrons. The van der Waals surface area contributed by atoms with E-state index in [0.29, 0.717) is 13.0 Å². The van der Waals surface area contributed by atoms with Gasteiger partial charge in [0.15, 0.2) is 5.60 Å². The van der Waals surface area contributed by atoms with Gasteiger partial charge in [-0.15, -0.1) is 0 Å². The summed E-state index contributed by atoms with van der Waals surface area (Å²) in [6, 6.07) is 3.83. The molecule has 2 spiro atoms. The van der Waals surface area contributed by atoms with Crippen LogP contribution in [-0.2, 0) is 23.7 Å². The van der Waals surface area contributed by atoms with Crippen LogP contribution in [0, 0.1) is 17.3 Å². The van der Waals surface area contributed by atoms with Gasteiger partial charge in [0.1, 0.15) is 35.6 Å². The molecule has 0 bridgehead atoms. The highest BCUT2D eigenvalue weighted by atomic mass is 16.7. The molecular weight excluding hydrogens is 436 g/mol. The molecule has 1 aromatic rings. The molecule has 4 aliphatic heterocycles. The number of anilines is 1. The second-order valence-electron chi connectivity index (χ2n) is 11.8. The van der Waals surface area contributed by atoms with E-state index < -0.39 is 22.4 Å². The minimum Gasteiger partial charge on any atom is -0.458 e. The van der Waals surface area contributed by atoms with E-state index in [9.17, 15) is 9.90 Å². The third-order valence-electron chi connectivity index (χ3n) is 10.6. The number of epoxide rings is 3. The van der Waals surface area contributed by atoms with Crippen LogP contribution in [0.25, 0.3) is 0 Å². The number of rotatable bonds is 4. The van der Waals surface area contributed by atoms with Crippen molar-refractivity contribution < 1.29 is 28.8 Å². The van der Waals surface area contributed by atoms with Crippen LogP contribution in [0.3, 0.4) is 0 Å². The van der Waals surface area contributed by atoms with Crippen LogP contribution in [0.5, 0.6) is 0 Å². The van der Waals surface area contributed by atoms with Crippen molar-refractivity contribution in [2.75, 3.05) is 18.5 Å². The van der Waals surface area contributed by atoms with E-state index in [1.807, 2.05) is 12.1 Å². The van der Waals surface area contributed by atoms with Gasteiger partial charge in [-0.25, -0.2) is 4.79 Å². The number of aromatic nitrogens is 1. The number of hydrogen-bond acceptors (Lipinski definition) is 8. The number of fused-ring (bicyclic) bond motifs is 4. The molecule has 9 atom stereocenters. The molecule has 2 saturated carbocycles. The lowest BCUT2D eigenvalue weighted by atomic mass is 9.44. The van der Waals surface area contributed by atoms with Crippen LogP contribution >= 0.6 is 0 Å². The predicted octanol–water partition coefficient (Wildman–Crippen LogP) is 1.98. The number of cyclic esters (lactones) is 1. The number of aliphatic hydroxyl groups is 1. The number of nitrogens with one attached hydrogen (secondary N) is 1. The summed E-state index contributed by atoms with van der Waals surface area (Å²) in [5, 5.41) is 16.2. The monoisotopic (exact) mass is 466 g/mol. The zero-order valence-corrected chi connectivity index (χ0v) is 19.7. The SMILES string of the molecule is CC(C)[C@]12O[C@H]1[C@@H]1O[C@]13[C@]1(O[C@H]1C[C@H]1C4=C(CC[C@@]13C)C(=O)OC4)[C@]2(O)CNc1cccnc1. The minimum absolute atomic E-state index is 0.0895. The quantitative estimate of drug-likeness (QED) is 0.512. The third-order valence-corrected chi connectivity index (χ3v) is 10.6. The Kier molecular flexibility index (Phi) is 3.39. The van der Waals surface area contributed by atoms with Gasteiger partial charge in [0.2, 0.25) is 0 Å². The van der Waals surface area contributed by atoms with E-state index in [0.717, 1.165) is 29.7 Å². The van der Waals surface area contributed by atoms with E-state index in [2.05, 4.69) is 31.1 Å². The number of esters is 1. The molecule has 0 unspecified atom stereocenters. The molecule has 7 aliphatic rings. The van der Waals surface area contributed by atoms with Crippen LogP contribution in [0.4, 0.5) is 5.69 Å². The highest BCUT2D eigenvalue weighted by Gasteiger charge is 3.04. The van der Waals surface area contributed by atoms with E-state index in [1.165, 1.54) is 0 Å². The maximum Gasteiger partial charge on any atom is 0.334 e. The fraction of sp³-hybridized carbons (Fsp3) is 0.692. The number of nitrogens with zero attached hydrogens (tertiary/aromatic N) is 1. The van der Waals surface area contributed by atoms with Crippen LogP contribution in [-0.4, -0.2) is 69.9 Å². The third kappa shape index (κ3) is 1.81. The fourth-order valence-corrected chi connectivity index (χ4v) is 9.05. The van der Waals surface area contributed by atoms with Gasteiger partial charge in [0, 0.05) is 29.9 Å². The number of ether oxygens (including phenoxy) is 4. The normalized spacial score (nSPS) is 53.0. The summed E-state index contributed by atoms with van der Waals surface area (Å²) in [4.78, 5) is 16.5. The highest BCUT2D eigenvalue weighted by Crippen LogP contribution is 2.85. The maximum absolute atomic E-state index is 12.8. The largest absolute Gasteiger partial charge is 0.458 e. The number of carbonyl (C=O) groups excluding carboxylic acids is 1. The standard InChI is InChI=1S/C26H30N2O6/c1-13(2)24-19(33-24)20-26(34-20)22(3)7-6-15-16(11-31-21(15)29)17(22)9-18-25(26,32-18)23(24,30)12-28-14-5-4-8-27-10-14/h4-5,8,10,13,17-20,28,30H,6-7,9,11-12H2,1-3H3/t17-,18-,19-,20-,22-,23-,24-,25+,26+/m0/s1. The Bertz CT molecular complexity index is 1170. The van der Waals surface area contributed by atoms with Crippen molar-refractivity contribution in [3.05, 3.63) is 35.7 Å². The molecule has 8 rings (SSSR count). The van der Waals surface area contributed by atoms with Gasteiger partial charge in [0.25, 0.3) is 0 Å². The summed E-state index contributed by atoms with van der Waals surface area (Å²) in [5.74, 6) is 0.0716. The molecule has 5 fully saturated rings. The molecule has 2 N–H and O–H groups in total. The first kappa shape index (κ1) is 20.2. The molecule has 8 nitrogen and oxygen atoms in total. The lowest BCUT2D eigenvalue weighted by Gasteiger charge is -2.56.